The molecule has 9 heteroatoms. The van der Waals surface area contributed by atoms with E-state index in [-0.39, 0.29) is 10.8 Å². The highest BCUT2D eigenvalue weighted by Crippen LogP contribution is 2.34. The summed E-state index contributed by atoms with van der Waals surface area (Å²) in [6, 6.07) is 11.0. The molecule has 2 aromatic carbocycles. The van der Waals surface area contributed by atoms with Gasteiger partial charge in [0.05, 0.1) is 35.6 Å². The Morgan fingerprint density at radius 3 is 2.45 bits per heavy atom. The standard InChI is InChI=1S/C20H21N3O5S/c1-4-28-19-14(6-5-7-18(19)27-3)12-17-13(2)22-23(20(17)24)15-8-10-16(11-9-15)29(21,25)26/h5-12H,4H2,1-3H3,(H2,21,25,26)/b17-12-. The molecule has 2 N–H and O–H groups in total. The van der Waals surface area contributed by atoms with Gasteiger partial charge in [0.25, 0.3) is 5.91 Å². The van der Waals surface area contributed by atoms with Gasteiger partial charge in [0.2, 0.25) is 10.0 Å². The molecule has 8 nitrogen and oxygen atoms in total. The lowest BCUT2D eigenvalue weighted by Crippen LogP contribution is -2.21. The van der Waals surface area contributed by atoms with Crippen LogP contribution in [0.15, 0.2) is 58.0 Å². The summed E-state index contributed by atoms with van der Waals surface area (Å²) in [7, 11) is -2.26. The molecule has 0 atom stereocenters. The lowest BCUT2D eigenvalue weighted by atomic mass is 10.1. The van der Waals surface area contributed by atoms with Gasteiger partial charge in [0.1, 0.15) is 0 Å². The van der Waals surface area contributed by atoms with Crippen LogP contribution in [0.25, 0.3) is 6.08 Å². The number of carbonyl (C=O) groups excluding carboxylic acids is 1. The minimum atomic E-state index is -3.81. The zero-order valence-electron chi connectivity index (χ0n) is 16.2. The molecule has 0 spiro atoms. The molecule has 3 rings (SSSR count). The summed E-state index contributed by atoms with van der Waals surface area (Å²) in [5.74, 6) is 0.773. The van der Waals surface area contributed by atoms with Crippen molar-refractivity contribution in [2.75, 3.05) is 18.7 Å². The molecule has 1 heterocycles. The van der Waals surface area contributed by atoms with Gasteiger partial charge in [-0.15, -0.1) is 0 Å². The number of nitrogens with zero attached hydrogens (tertiary/aromatic N) is 2. The molecule has 0 unspecified atom stereocenters. The Kier molecular flexibility index (Phi) is 5.71. The molecule has 1 aliphatic rings. The van der Waals surface area contributed by atoms with E-state index in [1.165, 1.54) is 29.3 Å². The van der Waals surface area contributed by atoms with E-state index in [2.05, 4.69) is 5.10 Å². The smallest absolute Gasteiger partial charge is 0.280 e. The third kappa shape index (κ3) is 4.15. The number of hydrazone groups is 1. The number of sulfonamides is 1. The fraction of sp³-hybridized carbons (Fsp3) is 0.200. The van der Waals surface area contributed by atoms with Crippen molar-refractivity contribution in [1.82, 2.24) is 0 Å². The van der Waals surface area contributed by atoms with Crippen molar-refractivity contribution in [3.63, 3.8) is 0 Å². The number of hydrogen-bond acceptors (Lipinski definition) is 6. The molecule has 0 saturated carbocycles. The number of hydrogen-bond donors (Lipinski definition) is 1. The third-order valence-electron chi connectivity index (χ3n) is 4.29. The van der Waals surface area contributed by atoms with Crippen LogP contribution in [0.4, 0.5) is 5.69 Å². The molecule has 0 aliphatic carbocycles. The van der Waals surface area contributed by atoms with Crippen molar-refractivity contribution in [3.8, 4) is 11.5 Å². The van der Waals surface area contributed by atoms with Gasteiger partial charge in [-0.05, 0) is 50.3 Å². The molecule has 1 amide bonds. The highest BCUT2D eigenvalue weighted by atomic mass is 32.2. The fourth-order valence-corrected chi connectivity index (χ4v) is 3.41. The minimum absolute atomic E-state index is 0.0397. The van der Waals surface area contributed by atoms with Crippen LogP contribution in [0.2, 0.25) is 0 Å². The van der Waals surface area contributed by atoms with Gasteiger partial charge in [0.15, 0.2) is 11.5 Å². The maximum Gasteiger partial charge on any atom is 0.280 e. The van der Waals surface area contributed by atoms with Crippen LogP contribution in [0.3, 0.4) is 0 Å². The van der Waals surface area contributed by atoms with Crippen LogP contribution >= 0.6 is 0 Å². The van der Waals surface area contributed by atoms with E-state index in [1.807, 2.05) is 19.1 Å². The summed E-state index contributed by atoms with van der Waals surface area (Å²) in [5.41, 5.74) is 2.04. The Labute approximate surface area is 169 Å². The van der Waals surface area contributed by atoms with Gasteiger partial charge in [-0.25, -0.2) is 13.6 Å². The van der Waals surface area contributed by atoms with Crippen molar-refractivity contribution < 1.29 is 22.7 Å². The van der Waals surface area contributed by atoms with Gasteiger partial charge < -0.3 is 9.47 Å². The molecule has 0 aromatic heterocycles. The number of rotatable bonds is 6. The fourth-order valence-electron chi connectivity index (χ4n) is 2.90. The lowest BCUT2D eigenvalue weighted by molar-refractivity contribution is -0.114. The van der Waals surface area contributed by atoms with E-state index >= 15 is 0 Å². The minimum Gasteiger partial charge on any atom is -0.493 e. The van der Waals surface area contributed by atoms with Crippen molar-refractivity contribution in [2.24, 2.45) is 10.2 Å². The van der Waals surface area contributed by atoms with E-state index < -0.39 is 10.0 Å². The number of anilines is 1. The highest BCUT2D eigenvalue weighted by Gasteiger charge is 2.29. The molecule has 1 aliphatic heterocycles. The Bertz CT molecular complexity index is 1110. The van der Waals surface area contributed by atoms with Gasteiger partial charge in [-0.2, -0.15) is 10.1 Å². The number of benzene rings is 2. The summed E-state index contributed by atoms with van der Waals surface area (Å²) in [5, 5.41) is 10.6. The first-order chi connectivity index (χ1) is 13.8. The Morgan fingerprint density at radius 2 is 1.86 bits per heavy atom. The maximum atomic E-state index is 13.0. The van der Waals surface area contributed by atoms with Gasteiger partial charge in [-0.1, -0.05) is 12.1 Å². The molecule has 0 bridgehead atoms. The SMILES string of the molecule is CCOc1c(/C=C2\C(=O)N(c3ccc(S(N)(=O)=O)cc3)N=C2C)cccc1OC. The van der Waals surface area contributed by atoms with Crippen molar-refractivity contribution in [2.45, 2.75) is 18.7 Å². The summed E-state index contributed by atoms with van der Waals surface area (Å²) < 4.78 is 33.9. The van der Waals surface area contributed by atoms with E-state index in [4.69, 9.17) is 14.6 Å². The number of para-hydroxylation sites is 1. The summed E-state index contributed by atoms with van der Waals surface area (Å²) in [6.07, 6.45) is 1.70. The van der Waals surface area contributed by atoms with Crippen LogP contribution < -0.4 is 19.6 Å². The molecular weight excluding hydrogens is 394 g/mol. The second kappa shape index (κ2) is 8.06. The van der Waals surface area contributed by atoms with Crippen molar-refractivity contribution in [1.29, 1.82) is 0 Å². The van der Waals surface area contributed by atoms with Crippen molar-refractivity contribution in [3.05, 3.63) is 53.6 Å². The van der Waals surface area contributed by atoms with E-state index in [9.17, 15) is 13.2 Å². The Morgan fingerprint density at radius 1 is 1.17 bits per heavy atom. The number of amides is 1. The zero-order chi connectivity index (χ0) is 21.2. The first kappa shape index (κ1) is 20.6. The average molecular weight is 415 g/mol. The monoisotopic (exact) mass is 415 g/mol. The predicted octanol–water partition coefficient (Wildman–Crippen LogP) is 2.55. The molecular formula is C20H21N3O5S. The highest BCUT2D eigenvalue weighted by molar-refractivity contribution is 7.89. The largest absolute Gasteiger partial charge is 0.493 e. The first-order valence-electron chi connectivity index (χ1n) is 8.80. The molecule has 29 heavy (non-hydrogen) atoms. The molecule has 0 fully saturated rings. The third-order valence-corrected chi connectivity index (χ3v) is 5.22. The Balaban J connectivity index is 1.97. The number of carbonyl (C=O) groups is 1. The second-order valence-corrected chi connectivity index (χ2v) is 7.77. The van der Waals surface area contributed by atoms with Crippen molar-refractivity contribution >= 4 is 33.4 Å². The topological polar surface area (TPSA) is 111 Å². The Hall–Kier alpha value is -3.17. The van der Waals surface area contributed by atoms with Crippen LogP contribution in [0.1, 0.15) is 19.4 Å². The first-order valence-corrected chi connectivity index (χ1v) is 10.3. The summed E-state index contributed by atoms with van der Waals surface area (Å²) in [4.78, 5) is 12.9. The number of ether oxygens (including phenoxy) is 2. The predicted molar refractivity (Wildman–Crippen MR) is 111 cm³/mol. The van der Waals surface area contributed by atoms with Gasteiger partial charge in [-0.3, -0.25) is 4.79 Å². The molecule has 2 aromatic rings. The molecule has 0 saturated heterocycles. The average Bonchev–Trinajstić information content (AvgIpc) is 2.97. The van der Waals surface area contributed by atoms with E-state index in [0.29, 0.717) is 40.6 Å². The van der Waals surface area contributed by atoms with Crippen LogP contribution in [0, 0.1) is 0 Å². The summed E-state index contributed by atoms with van der Waals surface area (Å²) >= 11 is 0. The maximum absolute atomic E-state index is 13.0. The molecule has 152 valence electrons. The van der Waals surface area contributed by atoms with Gasteiger partial charge >= 0.3 is 0 Å². The summed E-state index contributed by atoms with van der Waals surface area (Å²) in [6.45, 7) is 4.03. The second-order valence-electron chi connectivity index (χ2n) is 6.21. The number of methoxy groups -OCH3 is 1. The normalized spacial score (nSPS) is 15.6. The van der Waals surface area contributed by atoms with Gasteiger partial charge in [0, 0.05) is 5.56 Å². The number of nitrogens with two attached hydrogens (primary N) is 1. The van der Waals surface area contributed by atoms with E-state index in [0.717, 1.165) is 0 Å². The van der Waals surface area contributed by atoms with Crippen LogP contribution in [-0.2, 0) is 14.8 Å². The van der Waals surface area contributed by atoms with Crippen LogP contribution in [0.5, 0.6) is 11.5 Å². The lowest BCUT2D eigenvalue weighted by Gasteiger charge is -2.13. The zero-order valence-corrected chi connectivity index (χ0v) is 17.1. The number of primary sulfonamides is 1. The quantitative estimate of drug-likeness (QED) is 0.729. The van der Waals surface area contributed by atoms with Crippen LogP contribution in [-0.4, -0.2) is 33.8 Å². The molecule has 0 radical (unpaired) electrons. The van der Waals surface area contributed by atoms with E-state index in [1.54, 1.807) is 26.2 Å².